The van der Waals surface area contributed by atoms with Gasteiger partial charge in [-0.3, -0.25) is 4.79 Å². The predicted molar refractivity (Wildman–Crippen MR) is 96.1 cm³/mol. The number of nitrogens with one attached hydrogen (secondary N) is 2. The third kappa shape index (κ3) is 3.34. The van der Waals surface area contributed by atoms with Crippen molar-refractivity contribution in [3.05, 3.63) is 71.9 Å². The quantitative estimate of drug-likeness (QED) is 0.684. The van der Waals surface area contributed by atoms with Crippen LogP contribution < -0.4 is 5.32 Å². The molecule has 0 saturated heterocycles. The third-order valence-corrected chi connectivity index (χ3v) is 4.38. The first-order valence-electron chi connectivity index (χ1n) is 8.13. The van der Waals surface area contributed by atoms with Crippen LogP contribution in [0.4, 0.5) is 0 Å². The number of carbonyl (C=O) groups is 1. The van der Waals surface area contributed by atoms with Crippen LogP contribution in [-0.2, 0) is 9.53 Å². The van der Waals surface area contributed by atoms with Crippen LogP contribution in [0.1, 0.15) is 24.0 Å². The summed E-state index contributed by atoms with van der Waals surface area (Å²) in [5, 5.41) is 4.50. The number of methoxy groups -OCH3 is 1. The lowest BCUT2D eigenvalue weighted by atomic mass is 9.90. The van der Waals surface area contributed by atoms with Crippen molar-refractivity contribution >= 4 is 16.9 Å². The van der Waals surface area contributed by atoms with E-state index in [4.69, 9.17) is 4.74 Å². The molecule has 2 N–H and O–H groups in total. The second-order valence-electron chi connectivity index (χ2n) is 5.91. The SMILES string of the molecule is COC(=O)[C@@H](C)NC[C@@H](c1ccccc1)c1c[nH]c2ccccc12. The Morgan fingerprint density at radius 3 is 2.58 bits per heavy atom. The topological polar surface area (TPSA) is 54.1 Å². The fourth-order valence-electron chi connectivity index (χ4n) is 3.03. The maximum Gasteiger partial charge on any atom is 0.322 e. The molecule has 0 unspecified atom stereocenters. The van der Waals surface area contributed by atoms with E-state index in [0.29, 0.717) is 6.54 Å². The Labute approximate surface area is 141 Å². The lowest BCUT2D eigenvalue weighted by Gasteiger charge is -2.20. The van der Waals surface area contributed by atoms with Crippen molar-refractivity contribution in [1.29, 1.82) is 0 Å². The molecule has 0 saturated carbocycles. The minimum atomic E-state index is -0.341. The fraction of sp³-hybridized carbons (Fsp3) is 0.250. The van der Waals surface area contributed by atoms with E-state index in [0.717, 1.165) is 5.52 Å². The summed E-state index contributed by atoms with van der Waals surface area (Å²) in [4.78, 5) is 15.0. The summed E-state index contributed by atoms with van der Waals surface area (Å²) < 4.78 is 4.80. The first kappa shape index (κ1) is 16.3. The van der Waals surface area contributed by atoms with Crippen molar-refractivity contribution < 1.29 is 9.53 Å². The van der Waals surface area contributed by atoms with Gasteiger partial charge in [0.15, 0.2) is 0 Å². The summed E-state index contributed by atoms with van der Waals surface area (Å²) in [6.45, 7) is 2.48. The van der Waals surface area contributed by atoms with Crippen LogP contribution in [-0.4, -0.2) is 30.6 Å². The number of carbonyl (C=O) groups excluding carboxylic acids is 1. The number of H-pyrrole nitrogens is 1. The summed E-state index contributed by atoms with van der Waals surface area (Å²) >= 11 is 0. The number of rotatable bonds is 6. The number of hydrogen-bond acceptors (Lipinski definition) is 3. The summed E-state index contributed by atoms with van der Waals surface area (Å²) in [5.41, 5.74) is 3.56. The van der Waals surface area contributed by atoms with E-state index in [2.05, 4.69) is 40.8 Å². The molecular formula is C20H22N2O2. The Morgan fingerprint density at radius 1 is 1.12 bits per heavy atom. The Balaban J connectivity index is 1.92. The molecule has 1 aromatic heterocycles. The first-order chi connectivity index (χ1) is 11.7. The molecule has 0 amide bonds. The number of para-hydroxylation sites is 1. The highest BCUT2D eigenvalue weighted by Crippen LogP contribution is 2.30. The van der Waals surface area contributed by atoms with E-state index < -0.39 is 0 Å². The molecule has 3 rings (SSSR count). The molecule has 0 bridgehead atoms. The smallest absolute Gasteiger partial charge is 0.322 e. The summed E-state index contributed by atoms with van der Waals surface area (Å²) in [6, 6.07) is 18.3. The molecule has 3 aromatic rings. The van der Waals surface area contributed by atoms with Gasteiger partial charge in [-0.2, -0.15) is 0 Å². The van der Waals surface area contributed by atoms with Crippen molar-refractivity contribution in [3.63, 3.8) is 0 Å². The van der Waals surface area contributed by atoms with E-state index in [1.807, 2.05) is 37.3 Å². The van der Waals surface area contributed by atoms with E-state index >= 15 is 0 Å². The molecule has 124 valence electrons. The zero-order chi connectivity index (χ0) is 16.9. The lowest BCUT2D eigenvalue weighted by Crippen LogP contribution is -2.37. The van der Waals surface area contributed by atoms with Crippen molar-refractivity contribution in [1.82, 2.24) is 10.3 Å². The molecule has 0 aliphatic heterocycles. The van der Waals surface area contributed by atoms with Crippen molar-refractivity contribution in [3.8, 4) is 0 Å². The van der Waals surface area contributed by atoms with Crippen molar-refractivity contribution in [2.45, 2.75) is 18.9 Å². The number of benzene rings is 2. The van der Waals surface area contributed by atoms with Crippen LogP contribution in [0.5, 0.6) is 0 Å². The predicted octanol–water partition coefficient (Wildman–Crippen LogP) is 3.45. The van der Waals surface area contributed by atoms with E-state index in [-0.39, 0.29) is 17.9 Å². The molecular weight excluding hydrogens is 300 g/mol. The molecule has 0 radical (unpaired) electrons. The minimum Gasteiger partial charge on any atom is -0.468 e. The Kier molecular flexibility index (Phi) is 4.96. The molecule has 2 atom stereocenters. The van der Waals surface area contributed by atoms with Crippen LogP contribution in [0.3, 0.4) is 0 Å². The molecule has 24 heavy (non-hydrogen) atoms. The molecule has 2 aromatic carbocycles. The van der Waals surface area contributed by atoms with Gasteiger partial charge in [-0.05, 0) is 24.1 Å². The average molecular weight is 322 g/mol. The van der Waals surface area contributed by atoms with Gasteiger partial charge in [0.1, 0.15) is 6.04 Å². The van der Waals surface area contributed by atoms with Crippen LogP contribution >= 0.6 is 0 Å². The first-order valence-corrected chi connectivity index (χ1v) is 8.13. The van der Waals surface area contributed by atoms with Gasteiger partial charge in [-0.25, -0.2) is 0 Å². The van der Waals surface area contributed by atoms with E-state index in [1.54, 1.807) is 0 Å². The van der Waals surface area contributed by atoms with Crippen LogP contribution in [0.25, 0.3) is 10.9 Å². The van der Waals surface area contributed by atoms with Gasteiger partial charge in [-0.1, -0.05) is 48.5 Å². The molecule has 4 nitrogen and oxygen atoms in total. The highest BCUT2D eigenvalue weighted by Gasteiger charge is 2.20. The van der Waals surface area contributed by atoms with Gasteiger partial charge in [-0.15, -0.1) is 0 Å². The zero-order valence-corrected chi connectivity index (χ0v) is 14.0. The van der Waals surface area contributed by atoms with E-state index in [1.165, 1.54) is 23.6 Å². The normalized spacial score (nSPS) is 13.6. The van der Waals surface area contributed by atoms with Crippen LogP contribution in [0.15, 0.2) is 60.8 Å². The number of aromatic amines is 1. The number of esters is 1. The van der Waals surface area contributed by atoms with Gasteiger partial charge >= 0.3 is 5.97 Å². The number of hydrogen-bond donors (Lipinski definition) is 2. The van der Waals surface area contributed by atoms with E-state index in [9.17, 15) is 4.79 Å². The van der Waals surface area contributed by atoms with Gasteiger partial charge in [0.05, 0.1) is 7.11 Å². The maximum absolute atomic E-state index is 11.7. The molecule has 0 fully saturated rings. The standard InChI is InChI=1S/C20H22N2O2/c1-14(20(23)24-2)21-12-17(15-8-4-3-5-9-15)18-13-22-19-11-7-6-10-16(18)19/h3-11,13-14,17,21-22H,12H2,1-2H3/t14-,17+/m1/s1. The fourth-order valence-corrected chi connectivity index (χ4v) is 3.03. The Bertz CT molecular complexity index is 811. The minimum absolute atomic E-state index is 0.148. The summed E-state index contributed by atoms with van der Waals surface area (Å²) in [6.07, 6.45) is 2.06. The molecule has 0 spiro atoms. The maximum atomic E-state index is 11.7. The average Bonchev–Trinajstić information content (AvgIpc) is 3.06. The second kappa shape index (κ2) is 7.32. The van der Waals surface area contributed by atoms with Crippen molar-refractivity contribution in [2.75, 3.05) is 13.7 Å². The second-order valence-corrected chi connectivity index (χ2v) is 5.91. The summed E-state index contributed by atoms with van der Waals surface area (Å²) in [5.74, 6) is -0.102. The largest absolute Gasteiger partial charge is 0.468 e. The van der Waals surface area contributed by atoms with Gasteiger partial charge in [0.25, 0.3) is 0 Å². The lowest BCUT2D eigenvalue weighted by molar-refractivity contribution is -0.142. The highest BCUT2D eigenvalue weighted by atomic mass is 16.5. The number of fused-ring (bicyclic) bond motifs is 1. The number of aromatic nitrogens is 1. The molecule has 0 aliphatic carbocycles. The molecule has 4 heteroatoms. The summed E-state index contributed by atoms with van der Waals surface area (Å²) in [7, 11) is 1.41. The Hall–Kier alpha value is -2.59. The highest BCUT2D eigenvalue weighted by molar-refractivity contribution is 5.84. The van der Waals surface area contributed by atoms with Crippen LogP contribution in [0, 0.1) is 0 Å². The Morgan fingerprint density at radius 2 is 1.83 bits per heavy atom. The molecule has 1 heterocycles. The van der Waals surface area contributed by atoms with Crippen molar-refractivity contribution in [2.24, 2.45) is 0 Å². The number of ether oxygens (including phenoxy) is 1. The molecule has 0 aliphatic rings. The van der Waals surface area contributed by atoms with Gasteiger partial charge in [0.2, 0.25) is 0 Å². The monoisotopic (exact) mass is 322 g/mol. The van der Waals surface area contributed by atoms with Crippen LogP contribution in [0.2, 0.25) is 0 Å². The van der Waals surface area contributed by atoms with Gasteiger partial charge < -0.3 is 15.0 Å². The van der Waals surface area contributed by atoms with Gasteiger partial charge in [0, 0.05) is 29.6 Å². The third-order valence-electron chi connectivity index (χ3n) is 4.38. The zero-order valence-electron chi connectivity index (χ0n) is 14.0.